The fraction of sp³-hybridized carbons (Fsp3) is 0.364. The number of ether oxygens (including phenoxy) is 1. The molecule has 0 fully saturated rings. The van der Waals surface area contributed by atoms with Gasteiger partial charge >= 0.3 is 0 Å². The maximum Gasteiger partial charge on any atom is 0.257 e. The Morgan fingerprint density at radius 2 is 2.13 bits per heavy atom. The minimum Gasteiger partial charge on any atom is -0.490 e. The number of amides is 1. The van der Waals surface area contributed by atoms with Crippen LogP contribution in [0.3, 0.4) is 0 Å². The van der Waals surface area contributed by atoms with Gasteiger partial charge < -0.3 is 9.64 Å². The van der Waals surface area contributed by atoms with Gasteiger partial charge in [0.25, 0.3) is 5.91 Å². The SMILES string of the molecule is CCOc1c(F)cccc1C(=O)N(C)C. The van der Waals surface area contributed by atoms with E-state index >= 15 is 0 Å². The molecule has 0 bridgehead atoms. The number of rotatable bonds is 3. The van der Waals surface area contributed by atoms with E-state index in [1.165, 1.54) is 17.0 Å². The Labute approximate surface area is 88.5 Å². The highest BCUT2D eigenvalue weighted by Crippen LogP contribution is 2.23. The lowest BCUT2D eigenvalue weighted by atomic mass is 10.1. The first-order valence-corrected chi connectivity index (χ1v) is 4.71. The van der Waals surface area contributed by atoms with Crippen molar-refractivity contribution in [1.29, 1.82) is 0 Å². The minimum atomic E-state index is -0.510. The van der Waals surface area contributed by atoms with Crippen LogP contribution in [0.25, 0.3) is 0 Å². The molecule has 0 aliphatic heterocycles. The summed E-state index contributed by atoms with van der Waals surface area (Å²) in [6.07, 6.45) is 0. The summed E-state index contributed by atoms with van der Waals surface area (Å²) in [7, 11) is 3.23. The second-order valence-electron chi connectivity index (χ2n) is 3.25. The van der Waals surface area contributed by atoms with Gasteiger partial charge in [-0.2, -0.15) is 0 Å². The van der Waals surface area contributed by atoms with Crippen molar-refractivity contribution >= 4 is 5.91 Å². The van der Waals surface area contributed by atoms with E-state index in [1.54, 1.807) is 27.1 Å². The Kier molecular flexibility index (Phi) is 3.66. The molecule has 0 unspecified atom stereocenters. The van der Waals surface area contributed by atoms with Crippen molar-refractivity contribution in [2.24, 2.45) is 0 Å². The minimum absolute atomic E-state index is 0.0266. The van der Waals surface area contributed by atoms with E-state index in [2.05, 4.69) is 0 Å². The van der Waals surface area contributed by atoms with E-state index < -0.39 is 5.82 Å². The number of para-hydroxylation sites is 1. The molecule has 1 aromatic rings. The first kappa shape index (κ1) is 11.5. The lowest BCUT2D eigenvalue weighted by Gasteiger charge is -2.14. The molecule has 0 aliphatic carbocycles. The summed E-state index contributed by atoms with van der Waals surface area (Å²) < 4.78 is 18.5. The van der Waals surface area contributed by atoms with Crippen LogP contribution in [-0.2, 0) is 0 Å². The first-order valence-electron chi connectivity index (χ1n) is 4.71. The molecule has 1 amide bonds. The van der Waals surface area contributed by atoms with Crippen LogP contribution < -0.4 is 4.74 Å². The fourth-order valence-electron chi connectivity index (χ4n) is 1.21. The van der Waals surface area contributed by atoms with E-state index in [-0.39, 0.29) is 17.2 Å². The molecule has 0 N–H and O–H groups in total. The second-order valence-corrected chi connectivity index (χ2v) is 3.25. The van der Waals surface area contributed by atoms with Crippen molar-refractivity contribution in [1.82, 2.24) is 4.90 Å². The van der Waals surface area contributed by atoms with Crippen LogP contribution in [0.5, 0.6) is 5.75 Å². The fourth-order valence-corrected chi connectivity index (χ4v) is 1.21. The number of carbonyl (C=O) groups is 1. The van der Waals surface area contributed by atoms with Crippen molar-refractivity contribution in [3.05, 3.63) is 29.6 Å². The van der Waals surface area contributed by atoms with Crippen LogP contribution in [0.1, 0.15) is 17.3 Å². The van der Waals surface area contributed by atoms with Gasteiger partial charge in [0.15, 0.2) is 11.6 Å². The zero-order valence-corrected chi connectivity index (χ0v) is 9.08. The normalized spacial score (nSPS) is 9.87. The predicted octanol–water partition coefficient (Wildman–Crippen LogP) is 1.93. The number of carbonyl (C=O) groups excluding carboxylic acids is 1. The van der Waals surface area contributed by atoms with Crippen LogP contribution in [-0.4, -0.2) is 31.5 Å². The molecule has 15 heavy (non-hydrogen) atoms. The van der Waals surface area contributed by atoms with E-state index in [0.29, 0.717) is 6.61 Å². The molecule has 0 spiro atoms. The molecule has 0 heterocycles. The largest absolute Gasteiger partial charge is 0.490 e. The van der Waals surface area contributed by atoms with Crippen LogP contribution >= 0.6 is 0 Å². The Bertz CT molecular complexity index is 364. The molecule has 82 valence electrons. The predicted molar refractivity (Wildman–Crippen MR) is 55.6 cm³/mol. The molecule has 1 aromatic carbocycles. The highest BCUT2D eigenvalue weighted by Gasteiger charge is 2.17. The first-order chi connectivity index (χ1) is 7.07. The van der Waals surface area contributed by atoms with Gasteiger partial charge in [-0.1, -0.05) is 6.07 Å². The lowest BCUT2D eigenvalue weighted by molar-refractivity contribution is 0.0822. The van der Waals surface area contributed by atoms with Gasteiger partial charge in [-0.3, -0.25) is 4.79 Å². The third-order valence-electron chi connectivity index (χ3n) is 1.89. The summed E-state index contributed by atoms with van der Waals surface area (Å²) in [5.41, 5.74) is 0.252. The van der Waals surface area contributed by atoms with Crippen molar-refractivity contribution in [2.45, 2.75) is 6.92 Å². The zero-order chi connectivity index (χ0) is 11.4. The Hall–Kier alpha value is -1.58. The zero-order valence-electron chi connectivity index (χ0n) is 9.08. The Morgan fingerprint density at radius 3 is 2.67 bits per heavy atom. The van der Waals surface area contributed by atoms with E-state index in [0.717, 1.165) is 0 Å². The van der Waals surface area contributed by atoms with Crippen LogP contribution in [0, 0.1) is 5.82 Å². The van der Waals surface area contributed by atoms with Gasteiger partial charge in [0.2, 0.25) is 0 Å². The Morgan fingerprint density at radius 1 is 1.47 bits per heavy atom. The molecular weight excluding hydrogens is 197 g/mol. The van der Waals surface area contributed by atoms with E-state index in [9.17, 15) is 9.18 Å². The highest BCUT2D eigenvalue weighted by atomic mass is 19.1. The summed E-state index contributed by atoms with van der Waals surface area (Å²) >= 11 is 0. The second kappa shape index (κ2) is 4.77. The van der Waals surface area contributed by atoms with Crippen molar-refractivity contribution < 1.29 is 13.9 Å². The summed E-state index contributed by atoms with van der Waals surface area (Å²) in [6.45, 7) is 2.07. The number of halogens is 1. The monoisotopic (exact) mass is 211 g/mol. The summed E-state index contributed by atoms with van der Waals surface area (Å²) in [5, 5.41) is 0. The van der Waals surface area contributed by atoms with Crippen molar-refractivity contribution in [3.8, 4) is 5.75 Å². The average molecular weight is 211 g/mol. The summed E-state index contributed by atoms with van der Waals surface area (Å²) in [6, 6.07) is 4.32. The molecule has 3 nitrogen and oxygen atoms in total. The quantitative estimate of drug-likeness (QED) is 0.764. The highest BCUT2D eigenvalue weighted by molar-refractivity contribution is 5.96. The van der Waals surface area contributed by atoms with Gasteiger partial charge in [-0.05, 0) is 19.1 Å². The smallest absolute Gasteiger partial charge is 0.257 e. The van der Waals surface area contributed by atoms with Gasteiger partial charge in [0.1, 0.15) is 0 Å². The topological polar surface area (TPSA) is 29.5 Å². The molecule has 0 saturated heterocycles. The molecule has 0 aromatic heterocycles. The molecule has 1 rings (SSSR count). The van der Waals surface area contributed by atoms with Crippen LogP contribution in [0.2, 0.25) is 0 Å². The van der Waals surface area contributed by atoms with Gasteiger partial charge in [-0.25, -0.2) is 4.39 Å². The van der Waals surface area contributed by atoms with Crippen LogP contribution in [0.15, 0.2) is 18.2 Å². The number of nitrogens with zero attached hydrogens (tertiary/aromatic N) is 1. The molecule has 4 heteroatoms. The third kappa shape index (κ3) is 2.46. The van der Waals surface area contributed by atoms with Crippen molar-refractivity contribution in [2.75, 3.05) is 20.7 Å². The maximum absolute atomic E-state index is 13.4. The van der Waals surface area contributed by atoms with E-state index in [4.69, 9.17) is 4.74 Å². The molecular formula is C11H14FNO2. The third-order valence-corrected chi connectivity index (χ3v) is 1.89. The van der Waals surface area contributed by atoms with Gasteiger partial charge in [0, 0.05) is 14.1 Å². The van der Waals surface area contributed by atoms with Crippen molar-refractivity contribution in [3.63, 3.8) is 0 Å². The molecule has 0 atom stereocenters. The molecule has 0 aliphatic rings. The number of hydrogen-bond acceptors (Lipinski definition) is 2. The summed E-state index contributed by atoms with van der Waals surface area (Å²) in [5.74, 6) is -0.749. The van der Waals surface area contributed by atoms with Gasteiger partial charge in [0.05, 0.1) is 12.2 Å². The van der Waals surface area contributed by atoms with Gasteiger partial charge in [-0.15, -0.1) is 0 Å². The number of hydrogen-bond donors (Lipinski definition) is 0. The molecule has 0 saturated carbocycles. The average Bonchev–Trinajstić information content (AvgIpc) is 2.20. The van der Waals surface area contributed by atoms with E-state index in [1.807, 2.05) is 0 Å². The van der Waals surface area contributed by atoms with Crippen LogP contribution in [0.4, 0.5) is 4.39 Å². The maximum atomic E-state index is 13.4. The molecule has 0 radical (unpaired) electrons. The lowest BCUT2D eigenvalue weighted by Crippen LogP contribution is -2.22. The summed E-state index contributed by atoms with van der Waals surface area (Å²) in [4.78, 5) is 13.1. The number of benzene rings is 1. The Balaban J connectivity index is 3.16. The standard InChI is InChI=1S/C11H14FNO2/c1-4-15-10-8(11(14)13(2)3)6-5-7-9(10)12/h5-7H,4H2,1-3H3.